The van der Waals surface area contributed by atoms with Crippen LogP contribution in [-0.4, -0.2) is 19.5 Å². The second-order valence-corrected chi connectivity index (χ2v) is 16.2. The highest BCUT2D eigenvalue weighted by atomic mass is 32.2. The van der Waals surface area contributed by atoms with Crippen molar-refractivity contribution < 1.29 is 14.0 Å². The van der Waals surface area contributed by atoms with Crippen molar-refractivity contribution in [2.24, 2.45) is 0 Å². The summed E-state index contributed by atoms with van der Waals surface area (Å²) in [7, 11) is -1.87. The molecule has 2 aromatic carbocycles. The van der Waals surface area contributed by atoms with Gasteiger partial charge in [-0.15, -0.1) is 0 Å². The normalized spacial score (nSPS) is 15.6. The van der Waals surface area contributed by atoms with E-state index >= 15 is 0 Å². The van der Waals surface area contributed by atoms with E-state index in [1.165, 1.54) is 16.7 Å². The van der Waals surface area contributed by atoms with E-state index in [0.29, 0.717) is 4.91 Å². The fourth-order valence-corrected chi connectivity index (χ4v) is 5.30. The fraction of sp³-hybridized carbons (Fsp3) is 0.429. The highest BCUT2D eigenvalue weighted by Crippen LogP contribution is 2.38. The molecule has 1 aliphatic heterocycles. The van der Waals surface area contributed by atoms with Crippen LogP contribution >= 0.6 is 11.8 Å². The smallest absolute Gasteiger partial charge is 0.290 e. The Kier molecular flexibility index (Phi) is 8.82. The number of rotatable bonds is 10. The third kappa shape index (κ3) is 7.34. The third-order valence-corrected chi connectivity index (χ3v) is 11.9. The first-order valence-electron chi connectivity index (χ1n) is 12.1. The van der Waals surface area contributed by atoms with Gasteiger partial charge in [-0.3, -0.25) is 14.9 Å². The second kappa shape index (κ2) is 11.4. The lowest BCUT2D eigenvalue weighted by Gasteiger charge is -2.37. The average Bonchev–Trinajstić information content (AvgIpc) is 3.09. The zero-order valence-electron chi connectivity index (χ0n) is 21.1. The number of carbonyl (C=O) groups excluding carboxylic acids is 2. The number of thioether (sulfide) groups is 1. The van der Waals surface area contributed by atoms with Gasteiger partial charge in [0, 0.05) is 0 Å². The molecule has 0 saturated carbocycles. The van der Waals surface area contributed by atoms with Gasteiger partial charge in [0.25, 0.3) is 11.1 Å². The molecule has 1 fully saturated rings. The van der Waals surface area contributed by atoms with Crippen molar-refractivity contribution in [2.75, 3.05) is 0 Å². The van der Waals surface area contributed by atoms with Crippen LogP contribution < -0.4 is 9.74 Å². The summed E-state index contributed by atoms with van der Waals surface area (Å²) in [5.41, 5.74) is 3.95. The van der Waals surface area contributed by atoms with E-state index in [4.69, 9.17) is 4.43 Å². The molecule has 1 heterocycles. The SMILES string of the molecule is CC(C)(C)[Si](C)(C)Oc1ccccc1CCc1ccc(CCCC/C=C2\SC(=O)NC2=O)cc1. The molecule has 3 rings (SSSR count). The number of allylic oxidation sites excluding steroid dienone is 1. The van der Waals surface area contributed by atoms with Crippen LogP contribution in [0.5, 0.6) is 5.75 Å². The molecule has 34 heavy (non-hydrogen) atoms. The van der Waals surface area contributed by atoms with Crippen molar-refractivity contribution >= 4 is 31.2 Å². The quantitative estimate of drug-likeness (QED) is 0.211. The molecule has 1 aliphatic rings. The lowest BCUT2D eigenvalue weighted by molar-refractivity contribution is -0.115. The van der Waals surface area contributed by atoms with Gasteiger partial charge in [0.2, 0.25) is 8.32 Å². The van der Waals surface area contributed by atoms with Gasteiger partial charge >= 0.3 is 0 Å². The molecule has 2 amide bonds. The summed E-state index contributed by atoms with van der Waals surface area (Å²) in [5, 5.41) is 2.19. The van der Waals surface area contributed by atoms with Crippen molar-refractivity contribution in [1.29, 1.82) is 0 Å². The Labute approximate surface area is 209 Å². The van der Waals surface area contributed by atoms with E-state index in [2.05, 4.69) is 87.7 Å². The molecule has 0 unspecified atom stereocenters. The average molecular weight is 496 g/mol. The Hall–Kier alpha value is -2.31. The number of imide groups is 1. The molecule has 2 aromatic rings. The van der Waals surface area contributed by atoms with Gasteiger partial charge in [-0.2, -0.15) is 0 Å². The summed E-state index contributed by atoms with van der Waals surface area (Å²) < 4.78 is 6.61. The number of unbranched alkanes of at least 4 members (excludes halogenated alkanes) is 2. The molecule has 0 spiro atoms. The van der Waals surface area contributed by atoms with E-state index in [1.54, 1.807) is 0 Å². The Morgan fingerprint density at radius 3 is 2.18 bits per heavy atom. The Bertz CT molecular complexity index is 1040. The van der Waals surface area contributed by atoms with Crippen LogP contribution in [0.1, 0.15) is 56.7 Å². The monoisotopic (exact) mass is 495 g/mol. The van der Waals surface area contributed by atoms with Crippen molar-refractivity contribution in [3.05, 3.63) is 76.2 Å². The van der Waals surface area contributed by atoms with Crippen molar-refractivity contribution in [2.45, 2.75) is 77.4 Å². The minimum absolute atomic E-state index is 0.177. The maximum Gasteiger partial charge on any atom is 0.290 e. The number of nitrogens with one attached hydrogen (secondary N) is 1. The number of para-hydroxylation sites is 1. The Morgan fingerprint density at radius 2 is 1.56 bits per heavy atom. The van der Waals surface area contributed by atoms with E-state index < -0.39 is 8.32 Å². The molecule has 4 nitrogen and oxygen atoms in total. The summed E-state index contributed by atoms with van der Waals surface area (Å²) in [4.78, 5) is 23.3. The van der Waals surface area contributed by atoms with Crippen LogP contribution in [0.4, 0.5) is 4.79 Å². The Balaban J connectivity index is 1.47. The minimum Gasteiger partial charge on any atom is -0.543 e. The van der Waals surface area contributed by atoms with E-state index in [1.807, 2.05) is 6.08 Å². The van der Waals surface area contributed by atoms with Gasteiger partial charge < -0.3 is 4.43 Å². The van der Waals surface area contributed by atoms with Crippen LogP contribution in [0.3, 0.4) is 0 Å². The highest BCUT2D eigenvalue weighted by Gasteiger charge is 2.39. The van der Waals surface area contributed by atoms with Crippen molar-refractivity contribution in [3.63, 3.8) is 0 Å². The summed E-state index contributed by atoms with van der Waals surface area (Å²) in [6.07, 6.45) is 7.72. The highest BCUT2D eigenvalue weighted by molar-refractivity contribution is 8.18. The van der Waals surface area contributed by atoms with Gasteiger partial charge in [-0.25, -0.2) is 0 Å². The van der Waals surface area contributed by atoms with Crippen molar-refractivity contribution in [3.8, 4) is 5.75 Å². The first kappa shape index (κ1) is 26.3. The third-order valence-electron chi connectivity index (χ3n) is 6.74. The zero-order valence-corrected chi connectivity index (χ0v) is 22.9. The number of carbonyl (C=O) groups is 2. The molecule has 0 radical (unpaired) electrons. The summed E-state index contributed by atoms with van der Waals surface area (Å²) in [6, 6.07) is 17.4. The van der Waals surface area contributed by atoms with E-state index in [9.17, 15) is 9.59 Å². The molecular formula is C28H37NO3SSi. The summed E-state index contributed by atoms with van der Waals surface area (Å²) in [6.45, 7) is 11.4. The lowest BCUT2D eigenvalue weighted by atomic mass is 10.0. The summed E-state index contributed by atoms with van der Waals surface area (Å²) >= 11 is 0.992. The molecule has 0 bridgehead atoms. The Morgan fingerprint density at radius 1 is 0.912 bits per heavy atom. The molecule has 182 valence electrons. The first-order chi connectivity index (χ1) is 16.0. The molecule has 6 heteroatoms. The zero-order chi connectivity index (χ0) is 24.8. The number of benzene rings is 2. The maximum absolute atomic E-state index is 11.5. The van der Waals surface area contributed by atoms with Crippen LogP contribution in [-0.2, 0) is 24.1 Å². The van der Waals surface area contributed by atoms with Gasteiger partial charge in [0.1, 0.15) is 5.75 Å². The first-order valence-corrected chi connectivity index (χ1v) is 15.9. The lowest BCUT2D eigenvalue weighted by Crippen LogP contribution is -2.44. The van der Waals surface area contributed by atoms with Crippen LogP contribution in [0.25, 0.3) is 0 Å². The molecular weight excluding hydrogens is 458 g/mol. The van der Waals surface area contributed by atoms with Crippen LogP contribution in [0, 0.1) is 0 Å². The van der Waals surface area contributed by atoms with Crippen LogP contribution in [0.15, 0.2) is 59.5 Å². The standard InChI is InChI=1S/C28H37NO3SSi/c1-28(2,3)34(4,5)32-24-13-10-9-12-23(24)20-19-22-17-15-21(16-18-22)11-7-6-8-14-25-26(30)29-27(31)33-25/h9-10,12-18H,6-8,11,19-20H2,1-5H3,(H,29,30,31)/b25-14-. The summed E-state index contributed by atoms with van der Waals surface area (Å²) in [5.74, 6) is 0.776. The number of aryl methyl sites for hydroxylation is 3. The molecule has 0 aromatic heterocycles. The van der Waals surface area contributed by atoms with Gasteiger partial charge in [0.15, 0.2) is 0 Å². The second-order valence-electron chi connectivity index (χ2n) is 10.4. The molecule has 0 aliphatic carbocycles. The number of hydrogen-bond donors (Lipinski definition) is 1. The van der Waals surface area contributed by atoms with Gasteiger partial charge in [-0.05, 0) is 91.2 Å². The van der Waals surface area contributed by atoms with E-state index in [0.717, 1.165) is 56.0 Å². The number of hydrogen-bond acceptors (Lipinski definition) is 4. The van der Waals surface area contributed by atoms with E-state index in [-0.39, 0.29) is 16.2 Å². The van der Waals surface area contributed by atoms with Crippen molar-refractivity contribution in [1.82, 2.24) is 5.32 Å². The molecule has 1 N–H and O–H groups in total. The minimum atomic E-state index is -1.87. The largest absolute Gasteiger partial charge is 0.543 e. The van der Waals surface area contributed by atoms with Gasteiger partial charge in [0.05, 0.1) is 4.91 Å². The topological polar surface area (TPSA) is 55.4 Å². The molecule has 1 saturated heterocycles. The number of amides is 2. The fourth-order valence-electron chi connectivity index (χ4n) is 3.56. The maximum atomic E-state index is 11.5. The predicted molar refractivity (Wildman–Crippen MR) is 145 cm³/mol. The van der Waals surface area contributed by atoms with Crippen LogP contribution in [0.2, 0.25) is 18.1 Å². The predicted octanol–water partition coefficient (Wildman–Crippen LogP) is 7.44. The van der Waals surface area contributed by atoms with Gasteiger partial charge in [-0.1, -0.05) is 69.3 Å². The molecule has 0 atom stereocenters.